The van der Waals surface area contributed by atoms with E-state index < -0.39 is 5.54 Å². The van der Waals surface area contributed by atoms with E-state index in [9.17, 15) is 9.90 Å². The number of hydrogen-bond acceptors (Lipinski definition) is 4. The van der Waals surface area contributed by atoms with Crippen LogP contribution in [0.5, 0.6) is 0 Å². The summed E-state index contributed by atoms with van der Waals surface area (Å²) in [6.07, 6.45) is 1.81. The van der Waals surface area contributed by atoms with Crippen molar-refractivity contribution < 1.29 is 14.6 Å². The lowest BCUT2D eigenvalue weighted by atomic mass is 9.52. The smallest absolute Gasteiger partial charge is 0.164 e. The van der Waals surface area contributed by atoms with Crippen molar-refractivity contribution >= 4 is 5.78 Å². The van der Waals surface area contributed by atoms with Crippen molar-refractivity contribution in [2.75, 3.05) is 33.4 Å². The van der Waals surface area contributed by atoms with Gasteiger partial charge in [0.05, 0.1) is 13.2 Å². The van der Waals surface area contributed by atoms with E-state index in [1.165, 1.54) is 0 Å². The maximum Gasteiger partial charge on any atom is 0.164 e. The lowest BCUT2D eigenvalue weighted by Crippen LogP contribution is -2.74. The Morgan fingerprint density at radius 3 is 2.28 bits per heavy atom. The first-order chi connectivity index (χ1) is 8.34. The van der Waals surface area contributed by atoms with Crippen LogP contribution in [0.15, 0.2) is 0 Å². The monoisotopic (exact) mass is 255 g/mol. The average molecular weight is 255 g/mol. The van der Waals surface area contributed by atoms with Crippen molar-refractivity contribution in [3.63, 3.8) is 0 Å². The molecule has 3 rings (SSSR count). The van der Waals surface area contributed by atoms with Gasteiger partial charge in [0, 0.05) is 25.6 Å². The number of fused-ring (bicyclic) bond motifs is 3. The Morgan fingerprint density at radius 2 is 1.89 bits per heavy atom. The van der Waals surface area contributed by atoms with E-state index in [4.69, 9.17) is 4.74 Å². The average Bonchev–Trinajstić information content (AvgIpc) is 2.33. The Hall–Kier alpha value is -0.450. The van der Waals surface area contributed by atoms with E-state index >= 15 is 0 Å². The fraction of sp³-hybridized carbons (Fsp3) is 0.929. The summed E-state index contributed by atoms with van der Waals surface area (Å²) in [5.41, 5.74) is -1.17. The van der Waals surface area contributed by atoms with Crippen LogP contribution >= 0.6 is 0 Å². The summed E-state index contributed by atoms with van der Waals surface area (Å²) < 4.78 is 5.23. The van der Waals surface area contributed by atoms with Crippen molar-refractivity contribution in [1.29, 1.82) is 0 Å². The summed E-state index contributed by atoms with van der Waals surface area (Å²) in [5.74, 6) is 0.185. The van der Waals surface area contributed by atoms with E-state index in [1.54, 1.807) is 7.11 Å². The molecule has 0 spiro atoms. The number of aliphatic hydroxyl groups is 1. The van der Waals surface area contributed by atoms with Crippen LogP contribution in [0.3, 0.4) is 0 Å². The number of methoxy groups -OCH3 is 1. The second-order valence-electron chi connectivity index (χ2n) is 6.77. The zero-order valence-corrected chi connectivity index (χ0v) is 12.0. The molecule has 3 aliphatic heterocycles. The van der Waals surface area contributed by atoms with Crippen molar-refractivity contribution in [3.05, 3.63) is 0 Å². The number of carbonyl (C=O) groups excluding carboxylic acids is 1. The Labute approximate surface area is 109 Å². The molecule has 0 aromatic rings. The zero-order valence-electron chi connectivity index (χ0n) is 12.0. The molecule has 0 aliphatic carbocycles. The number of piperidine rings is 3. The van der Waals surface area contributed by atoms with Gasteiger partial charge in [0.1, 0.15) is 5.54 Å². The molecule has 18 heavy (non-hydrogen) atoms. The second-order valence-corrected chi connectivity index (χ2v) is 6.77. The van der Waals surface area contributed by atoms with Gasteiger partial charge in [0.2, 0.25) is 0 Å². The third-order valence-electron chi connectivity index (χ3n) is 5.16. The largest absolute Gasteiger partial charge is 0.394 e. The van der Waals surface area contributed by atoms with E-state index in [1.807, 2.05) is 0 Å². The van der Waals surface area contributed by atoms with Crippen LogP contribution < -0.4 is 0 Å². The normalized spacial score (nSPS) is 40.3. The van der Waals surface area contributed by atoms with Crippen molar-refractivity contribution in [2.24, 2.45) is 10.8 Å². The van der Waals surface area contributed by atoms with Crippen LogP contribution in [0.1, 0.15) is 33.6 Å². The summed E-state index contributed by atoms with van der Waals surface area (Å²) >= 11 is 0. The highest BCUT2D eigenvalue weighted by molar-refractivity contribution is 5.96. The molecule has 0 aromatic heterocycles. The van der Waals surface area contributed by atoms with Gasteiger partial charge < -0.3 is 9.84 Å². The minimum Gasteiger partial charge on any atom is -0.394 e. The summed E-state index contributed by atoms with van der Waals surface area (Å²) in [7, 11) is 1.60. The highest BCUT2D eigenvalue weighted by Crippen LogP contribution is 2.54. The molecule has 1 atom stereocenters. The van der Waals surface area contributed by atoms with Gasteiger partial charge in [0.15, 0.2) is 5.78 Å². The molecule has 0 amide bonds. The fourth-order valence-electron chi connectivity index (χ4n) is 3.84. The summed E-state index contributed by atoms with van der Waals surface area (Å²) in [4.78, 5) is 15.1. The fourth-order valence-corrected chi connectivity index (χ4v) is 3.84. The van der Waals surface area contributed by atoms with Gasteiger partial charge in [-0.15, -0.1) is 0 Å². The Morgan fingerprint density at radius 1 is 1.33 bits per heavy atom. The molecular formula is C14H25NO3. The topological polar surface area (TPSA) is 49.8 Å². The Kier molecular flexibility index (Phi) is 3.33. The molecule has 0 unspecified atom stereocenters. The summed E-state index contributed by atoms with van der Waals surface area (Å²) in [6, 6.07) is 0. The molecule has 3 saturated heterocycles. The van der Waals surface area contributed by atoms with Gasteiger partial charge in [-0.2, -0.15) is 0 Å². The number of Topliss-reactive ketones (excluding diaryl/α,β-unsaturated/α-hetero) is 1. The maximum absolute atomic E-state index is 13.0. The molecule has 3 heterocycles. The minimum absolute atomic E-state index is 0.0647. The number of aliphatic hydroxyl groups excluding tert-OH is 1. The predicted molar refractivity (Wildman–Crippen MR) is 69.4 cm³/mol. The Bertz CT molecular complexity index is 339. The molecule has 0 aromatic carbocycles. The lowest BCUT2D eigenvalue weighted by molar-refractivity contribution is -0.183. The molecule has 0 saturated carbocycles. The molecule has 3 aliphatic rings. The first-order valence-electron chi connectivity index (χ1n) is 6.74. The summed E-state index contributed by atoms with van der Waals surface area (Å²) in [5, 5.41) is 9.80. The van der Waals surface area contributed by atoms with Gasteiger partial charge in [-0.25, -0.2) is 0 Å². The highest BCUT2D eigenvalue weighted by atomic mass is 16.5. The van der Waals surface area contributed by atoms with Crippen molar-refractivity contribution in [2.45, 2.75) is 39.2 Å². The lowest BCUT2D eigenvalue weighted by Gasteiger charge is -2.61. The van der Waals surface area contributed by atoms with Crippen LogP contribution in [0.2, 0.25) is 0 Å². The third-order valence-corrected chi connectivity index (χ3v) is 5.16. The van der Waals surface area contributed by atoms with Gasteiger partial charge in [-0.05, 0) is 18.3 Å². The van der Waals surface area contributed by atoms with Crippen LogP contribution in [0, 0.1) is 10.8 Å². The zero-order chi connectivity index (χ0) is 13.6. The van der Waals surface area contributed by atoms with E-state index in [0.29, 0.717) is 6.61 Å². The quantitative estimate of drug-likeness (QED) is 0.819. The van der Waals surface area contributed by atoms with Crippen LogP contribution in [0.25, 0.3) is 0 Å². The van der Waals surface area contributed by atoms with Crippen molar-refractivity contribution in [1.82, 2.24) is 4.90 Å². The second kappa shape index (κ2) is 4.29. The van der Waals surface area contributed by atoms with Crippen LogP contribution in [-0.4, -0.2) is 54.7 Å². The number of hydrogen-bond donors (Lipinski definition) is 1. The molecule has 0 radical (unpaired) electrons. The molecule has 104 valence electrons. The minimum atomic E-state index is -0.807. The first-order valence-corrected chi connectivity index (χ1v) is 6.74. The molecular weight excluding hydrogens is 230 g/mol. The number of rotatable bonds is 3. The van der Waals surface area contributed by atoms with Crippen LogP contribution in [0.4, 0.5) is 0 Å². The van der Waals surface area contributed by atoms with Gasteiger partial charge >= 0.3 is 0 Å². The molecule has 4 nitrogen and oxygen atoms in total. The summed E-state index contributed by atoms with van der Waals surface area (Å²) in [6.45, 7) is 8.33. The number of carbonyl (C=O) groups is 1. The molecule has 1 N–H and O–H groups in total. The van der Waals surface area contributed by atoms with Gasteiger partial charge in [-0.3, -0.25) is 9.69 Å². The predicted octanol–water partition coefficient (Wildman–Crippen LogP) is 1.07. The SMILES string of the molecule is COC[C@]1(CO)C(=O)C2(C(C)(C)C)CCN1CC2. The number of ether oxygens (including phenoxy) is 1. The van der Waals surface area contributed by atoms with Crippen LogP contribution in [-0.2, 0) is 9.53 Å². The molecule has 2 bridgehead atoms. The molecule has 4 heteroatoms. The van der Waals surface area contributed by atoms with Gasteiger partial charge in [-0.1, -0.05) is 20.8 Å². The Balaban J connectivity index is 2.45. The van der Waals surface area contributed by atoms with E-state index in [2.05, 4.69) is 25.7 Å². The number of ketones is 1. The van der Waals surface area contributed by atoms with Gasteiger partial charge in [0.25, 0.3) is 0 Å². The van der Waals surface area contributed by atoms with E-state index in [-0.39, 0.29) is 23.2 Å². The number of nitrogens with zero attached hydrogens (tertiary/aromatic N) is 1. The standard InChI is InChI=1S/C14H25NO3/c1-12(2,3)13-5-7-15(8-6-13)14(9-16,10-18-4)11(13)17/h16H,5-10H2,1-4H3/t14-/m1/s1. The first kappa shape index (κ1) is 14.0. The highest BCUT2D eigenvalue weighted by Gasteiger charge is 2.63. The van der Waals surface area contributed by atoms with Crippen molar-refractivity contribution in [3.8, 4) is 0 Å². The third kappa shape index (κ3) is 1.59. The maximum atomic E-state index is 13.0. The van der Waals surface area contributed by atoms with E-state index in [0.717, 1.165) is 25.9 Å². The molecule has 3 fully saturated rings.